The van der Waals surface area contributed by atoms with Gasteiger partial charge in [-0.3, -0.25) is 4.79 Å². The zero-order valence-corrected chi connectivity index (χ0v) is 14.0. The number of carbonyl (C=O) groups is 1. The number of ether oxygens (including phenoxy) is 1. The summed E-state index contributed by atoms with van der Waals surface area (Å²) in [6.45, 7) is 2.24. The third kappa shape index (κ3) is 4.20. The van der Waals surface area contributed by atoms with Crippen molar-refractivity contribution in [3.63, 3.8) is 0 Å². The minimum absolute atomic E-state index is 0.00125. The smallest absolute Gasteiger partial charge is 0.306 e. The minimum atomic E-state index is -0.861. The van der Waals surface area contributed by atoms with Crippen LogP contribution >= 0.6 is 11.3 Å². The maximum Gasteiger partial charge on any atom is 0.306 e. The predicted molar refractivity (Wildman–Crippen MR) is 97.5 cm³/mol. The molecule has 24 heavy (non-hydrogen) atoms. The average molecular weight is 339 g/mol. The lowest BCUT2D eigenvalue weighted by atomic mass is 10.2. The Hall–Kier alpha value is -2.66. The Morgan fingerprint density at radius 2 is 2.00 bits per heavy atom. The monoisotopic (exact) mass is 339 g/mol. The van der Waals surface area contributed by atoms with E-state index in [-0.39, 0.29) is 13.0 Å². The fourth-order valence-corrected chi connectivity index (χ4v) is 3.08. The van der Waals surface area contributed by atoms with Crippen molar-refractivity contribution in [2.45, 2.75) is 13.3 Å². The Kier molecular flexibility index (Phi) is 4.91. The van der Waals surface area contributed by atoms with E-state index in [1.807, 2.05) is 36.4 Å². The number of aliphatic carboxylic acids is 1. The second kappa shape index (κ2) is 7.27. The first kappa shape index (κ1) is 16.2. The van der Waals surface area contributed by atoms with Gasteiger partial charge in [0.2, 0.25) is 0 Å². The van der Waals surface area contributed by atoms with Crippen LogP contribution in [0.4, 0.5) is 0 Å². The van der Waals surface area contributed by atoms with Crippen molar-refractivity contribution in [3.8, 4) is 5.75 Å². The standard InChI is InChI=1S/C19H17NO3S/c1-13-2-8-17-16(12-13)20-18(24-17)9-5-14-3-6-15(7-4-14)23-11-10-19(21)22/h2-9,12H,10-11H2,1H3,(H,21,22)/b9-5+. The Balaban J connectivity index is 1.66. The molecule has 0 saturated carbocycles. The largest absolute Gasteiger partial charge is 0.493 e. The molecule has 122 valence electrons. The Morgan fingerprint density at radius 3 is 2.75 bits per heavy atom. The number of carboxylic acids is 1. The summed E-state index contributed by atoms with van der Waals surface area (Å²) in [5.74, 6) is -0.190. The van der Waals surface area contributed by atoms with Gasteiger partial charge >= 0.3 is 5.97 Å². The van der Waals surface area contributed by atoms with E-state index in [2.05, 4.69) is 30.1 Å². The first-order valence-electron chi connectivity index (χ1n) is 7.60. The van der Waals surface area contributed by atoms with Gasteiger partial charge < -0.3 is 9.84 Å². The van der Waals surface area contributed by atoms with Crippen LogP contribution in [0.25, 0.3) is 22.4 Å². The lowest BCUT2D eigenvalue weighted by molar-refractivity contribution is -0.137. The number of rotatable bonds is 6. The van der Waals surface area contributed by atoms with E-state index >= 15 is 0 Å². The second-order valence-electron chi connectivity index (χ2n) is 5.42. The van der Waals surface area contributed by atoms with Crippen LogP contribution in [0, 0.1) is 6.92 Å². The number of hydrogen-bond donors (Lipinski definition) is 1. The predicted octanol–water partition coefficient (Wildman–Crippen LogP) is 4.63. The zero-order valence-electron chi connectivity index (χ0n) is 13.2. The normalized spacial score (nSPS) is 11.2. The molecule has 1 aromatic heterocycles. The molecular weight excluding hydrogens is 322 g/mol. The molecule has 0 bridgehead atoms. The second-order valence-corrected chi connectivity index (χ2v) is 6.48. The molecule has 0 amide bonds. The molecule has 0 fully saturated rings. The van der Waals surface area contributed by atoms with E-state index in [1.54, 1.807) is 11.3 Å². The molecule has 5 heteroatoms. The summed E-state index contributed by atoms with van der Waals surface area (Å²) in [4.78, 5) is 15.1. The van der Waals surface area contributed by atoms with Gasteiger partial charge in [-0.15, -0.1) is 11.3 Å². The van der Waals surface area contributed by atoms with E-state index < -0.39 is 5.97 Å². The summed E-state index contributed by atoms with van der Waals surface area (Å²) in [6.07, 6.45) is 4.00. The van der Waals surface area contributed by atoms with E-state index in [9.17, 15) is 4.79 Å². The number of thiazole rings is 1. The average Bonchev–Trinajstić information content (AvgIpc) is 2.96. The van der Waals surface area contributed by atoms with Gasteiger partial charge in [-0.25, -0.2) is 4.98 Å². The van der Waals surface area contributed by atoms with Crippen molar-refractivity contribution >= 4 is 39.7 Å². The summed E-state index contributed by atoms with van der Waals surface area (Å²) in [7, 11) is 0. The molecular formula is C19H17NO3S. The van der Waals surface area contributed by atoms with E-state index in [1.165, 1.54) is 10.3 Å². The van der Waals surface area contributed by atoms with Crippen molar-refractivity contribution in [2.75, 3.05) is 6.61 Å². The fourth-order valence-electron chi connectivity index (χ4n) is 2.23. The molecule has 0 atom stereocenters. The van der Waals surface area contributed by atoms with Crippen molar-refractivity contribution < 1.29 is 14.6 Å². The summed E-state index contributed by atoms with van der Waals surface area (Å²) >= 11 is 1.66. The fraction of sp³-hybridized carbons (Fsp3) is 0.158. The van der Waals surface area contributed by atoms with E-state index in [4.69, 9.17) is 9.84 Å². The highest BCUT2D eigenvalue weighted by molar-refractivity contribution is 7.19. The van der Waals surface area contributed by atoms with Gasteiger partial charge in [-0.05, 0) is 48.4 Å². The van der Waals surface area contributed by atoms with Crippen LogP contribution in [0.2, 0.25) is 0 Å². The van der Waals surface area contributed by atoms with Crippen molar-refractivity contribution in [1.82, 2.24) is 4.98 Å². The van der Waals surface area contributed by atoms with E-state index in [0.29, 0.717) is 5.75 Å². The quantitative estimate of drug-likeness (QED) is 0.711. The molecule has 1 heterocycles. The van der Waals surface area contributed by atoms with Crippen molar-refractivity contribution in [1.29, 1.82) is 0 Å². The summed E-state index contributed by atoms with van der Waals surface area (Å²) < 4.78 is 6.55. The highest BCUT2D eigenvalue weighted by Gasteiger charge is 2.01. The van der Waals surface area contributed by atoms with Crippen LogP contribution in [-0.4, -0.2) is 22.7 Å². The van der Waals surface area contributed by atoms with Crippen LogP contribution in [0.5, 0.6) is 5.75 Å². The first-order valence-corrected chi connectivity index (χ1v) is 8.42. The summed E-state index contributed by atoms with van der Waals surface area (Å²) in [5.41, 5.74) is 3.28. The maximum atomic E-state index is 10.5. The van der Waals surface area contributed by atoms with Gasteiger partial charge in [-0.1, -0.05) is 24.3 Å². The lowest BCUT2D eigenvalue weighted by Crippen LogP contribution is -2.04. The molecule has 3 aromatic rings. The molecule has 1 N–H and O–H groups in total. The molecule has 0 aliphatic heterocycles. The van der Waals surface area contributed by atoms with Gasteiger partial charge in [-0.2, -0.15) is 0 Å². The van der Waals surface area contributed by atoms with E-state index in [0.717, 1.165) is 16.1 Å². The summed E-state index contributed by atoms with van der Waals surface area (Å²) in [5, 5.41) is 9.56. The number of hydrogen-bond acceptors (Lipinski definition) is 4. The zero-order chi connectivity index (χ0) is 16.9. The third-order valence-corrected chi connectivity index (χ3v) is 4.44. The molecule has 2 aromatic carbocycles. The Bertz CT molecular complexity index is 881. The van der Waals surface area contributed by atoms with Gasteiger partial charge in [0, 0.05) is 0 Å². The van der Waals surface area contributed by atoms with Gasteiger partial charge in [0.1, 0.15) is 10.8 Å². The maximum absolute atomic E-state index is 10.5. The number of benzene rings is 2. The van der Waals surface area contributed by atoms with Crippen LogP contribution in [0.1, 0.15) is 22.6 Å². The van der Waals surface area contributed by atoms with Crippen LogP contribution in [0.3, 0.4) is 0 Å². The van der Waals surface area contributed by atoms with Gasteiger partial charge in [0.25, 0.3) is 0 Å². The molecule has 4 nitrogen and oxygen atoms in total. The van der Waals surface area contributed by atoms with Gasteiger partial charge in [0.05, 0.1) is 23.2 Å². The summed E-state index contributed by atoms with van der Waals surface area (Å²) in [6, 6.07) is 13.8. The SMILES string of the molecule is Cc1ccc2sc(/C=C/c3ccc(OCCC(=O)O)cc3)nc2c1. The molecule has 0 unspecified atom stereocenters. The molecule has 0 aliphatic rings. The first-order chi connectivity index (χ1) is 11.6. The minimum Gasteiger partial charge on any atom is -0.493 e. The van der Waals surface area contributed by atoms with Gasteiger partial charge in [0.15, 0.2) is 0 Å². The Morgan fingerprint density at radius 1 is 1.21 bits per heavy atom. The topological polar surface area (TPSA) is 59.4 Å². The highest BCUT2D eigenvalue weighted by atomic mass is 32.1. The van der Waals surface area contributed by atoms with Crippen LogP contribution in [-0.2, 0) is 4.79 Å². The third-order valence-electron chi connectivity index (χ3n) is 3.44. The molecule has 0 spiro atoms. The number of aryl methyl sites for hydroxylation is 1. The van der Waals surface area contributed by atoms with Crippen LogP contribution in [0.15, 0.2) is 42.5 Å². The van der Waals surface area contributed by atoms with Crippen molar-refractivity contribution in [3.05, 3.63) is 58.6 Å². The molecule has 3 rings (SSSR count). The lowest BCUT2D eigenvalue weighted by Gasteiger charge is -2.04. The molecule has 0 aliphatic carbocycles. The number of nitrogens with zero attached hydrogens (tertiary/aromatic N) is 1. The number of carboxylic acid groups (broad SMARTS) is 1. The van der Waals surface area contributed by atoms with Crippen LogP contribution < -0.4 is 4.74 Å². The molecule has 0 radical (unpaired) electrons. The number of fused-ring (bicyclic) bond motifs is 1. The Labute approximate surface area is 144 Å². The highest BCUT2D eigenvalue weighted by Crippen LogP contribution is 2.24. The molecule has 0 saturated heterocycles. The van der Waals surface area contributed by atoms with Crippen molar-refractivity contribution in [2.24, 2.45) is 0 Å². The number of aromatic nitrogens is 1.